The molecule has 4 nitrogen and oxygen atoms in total. The van der Waals surface area contributed by atoms with E-state index in [1.807, 2.05) is 6.92 Å². The molecule has 0 aromatic heterocycles. The fraction of sp³-hybridized carbons (Fsp3) is 0.812. The van der Waals surface area contributed by atoms with Crippen LogP contribution in [0.4, 0.5) is 0 Å². The third-order valence-corrected chi connectivity index (χ3v) is 82.6. The molecule has 0 unspecified atom stereocenters. The van der Waals surface area contributed by atoms with Crippen molar-refractivity contribution in [3.8, 4) is 0 Å². The minimum Gasteiger partial charge on any atom is -0.463 e. The first kappa shape index (κ1) is 27.8. The van der Waals surface area contributed by atoms with Gasteiger partial charge in [-0.15, -0.1) is 0 Å². The number of ketones is 1. The van der Waals surface area contributed by atoms with Gasteiger partial charge in [0.2, 0.25) is 0 Å². The number of hydrogen-bond acceptors (Lipinski definition) is 4. The molecule has 0 aromatic rings. The second-order valence-electron chi connectivity index (χ2n) is 8.79. The molecular weight excluding hydrogens is 453 g/mol. The minimum absolute atomic E-state index is 0.207. The van der Waals surface area contributed by atoms with Gasteiger partial charge in [0.1, 0.15) is 35.9 Å². The van der Waals surface area contributed by atoms with Crippen molar-refractivity contribution in [2.24, 2.45) is 0 Å². The SMILES string of the molecule is C=C(C)C(=O)CCC[Si]([Si](C)(C)O[SiH2]C)([Si](C)(C)O[SiH2]C)[Si](C)(C)O[SiH2]C. The summed E-state index contributed by atoms with van der Waals surface area (Å²) in [4.78, 5) is 12.2. The van der Waals surface area contributed by atoms with Crippen molar-refractivity contribution in [3.63, 3.8) is 0 Å². The zero-order chi connectivity index (χ0) is 21.5. The summed E-state index contributed by atoms with van der Waals surface area (Å²) >= 11 is 0. The highest BCUT2D eigenvalue weighted by molar-refractivity contribution is 7.87. The van der Waals surface area contributed by atoms with Crippen molar-refractivity contribution < 1.29 is 17.1 Å². The summed E-state index contributed by atoms with van der Waals surface area (Å²) in [5, 5.41) is 0. The molecule has 0 amide bonds. The van der Waals surface area contributed by atoms with Crippen molar-refractivity contribution in [2.45, 2.75) is 84.7 Å². The van der Waals surface area contributed by atoms with E-state index in [0.29, 0.717) is 12.0 Å². The van der Waals surface area contributed by atoms with Gasteiger partial charge in [-0.2, -0.15) is 0 Å². The van der Waals surface area contributed by atoms with Crippen molar-refractivity contribution in [1.82, 2.24) is 0 Å². The molecule has 0 saturated carbocycles. The Morgan fingerprint density at radius 3 is 1.41 bits per heavy atom. The van der Waals surface area contributed by atoms with Crippen LogP contribution in [0.5, 0.6) is 0 Å². The molecule has 0 aliphatic rings. The highest BCUT2D eigenvalue weighted by atomic mass is 29.9. The molecular formula is C16H44O4Si7. The Morgan fingerprint density at radius 2 is 1.15 bits per heavy atom. The van der Waals surface area contributed by atoms with Gasteiger partial charge in [-0.05, 0) is 58.2 Å². The summed E-state index contributed by atoms with van der Waals surface area (Å²) in [6.07, 6.45) is 1.55. The number of carbonyl (C=O) groups is 1. The van der Waals surface area contributed by atoms with Gasteiger partial charge in [-0.25, -0.2) is 0 Å². The van der Waals surface area contributed by atoms with E-state index < -0.39 is 59.4 Å². The summed E-state index contributed by atoms with van der Waals surface area (Å²) in [6, 6.07) is 1.14. The lowest BCUT2D eigenvalue weighted by molar-refractivity contribution is -0.115. The third-order valence-electron chi connectivity index (χ3n) is 6.03. The van der Waals surface area contributed by atoms with Crippen molar-refractivity contribution in [1.29, 1.82) is 0 Å². The molecule has 0 rings (SSSR count). The summed E-state index contributed by atoms with van der Waals surface area (Å²) in [7, 11) is -7.31. The summed E-state index contributed by atoms with van der Waals surface area (Å²) in [5.41, 5.74) is 0.679. The van der Waals surface area contributed by atoms with Gasteiger partial charge in [0.15, 0.2) is 29.3 Å². The predicted molar refractivity (Wildman–Crippen MR) is 139 cm³/mol. The normalized spacial score (nSPS) is 16.8. The van der Waals surface area contributed by atoms with Gasteiger partial charge >= 0.3 is 0 Å². The van der Waals surface area contributed by atoms with E-state index in [1.54, 1.807) is 0 Å². The highest BCUT2D eigenvalue weighted by Gasteiger charge is 2.69. The molecule has 27 heavy (non-hydrogen) atoms. The van der Waals surface area contributed by atoms with E-state index in [1.165, 1.54) is 0 Å². The Kier molecular flexibility index (Phi) is 11.6. The van der Waals surface area contributed by atoms with Crippen LogP contribution >= 0.6 is 0 Å². The van der Waals surface area contributed by atoms with Gasteiger partial charge in [0.05, 0.1) is 0 Å². The largest absolute Gasteiger partial charge is 0.463 e. The number of hydrogen-bond donors (Lipinski definition) is 0. The lowest BCUT2D eigenvalue weighted by atomic mass is 10.1. The predicted octanol–water partition coefficient (Wildman–Crippen LogP) is 2.66. The van der Waals surface area contributed by atoms with Crippen LogP contribution in [0, 0.1) is 0 Å². The van der Waals surface area contributed by atoms with Gasteiger partial charge < -0.3 is 12.3 Å². The summed E-state index contributed by atoms with van der Waals surface area (Å²) in [6.45, 7) is 25.2. The maximum absolute atomic E-state index is 12.2. The van der Waals surface area contributed by atoms with E-state index in [2.05, 4.69) is 65.5 Å². The average Bonchev–Trinajstić information content (AvgIpc) is 2.49. The van der Waals surface area contributed by atoms with Crippen LogP contribution in [0.15, 0.2) is 12.2 Å². The van der Waals surface area contributed by atoms with Crippen LogP contribution in [0.1, 0.15) is 19.8 Å². The van der Waals surface area contributed by atoms with Crippen LogP contribution in [0.3, 0.4) is 0 Å². The minimum atomic E-state index is -1.97. The molecule has 0 N–H and O–H groups in total. The highest BCUT2D eigenvalue weighted by Crippen LogP contribution is 2.42. The molecule has 0 bridgehead atoms. The number of Topliss-reactive ketones (excluding diaryl/α,β-unsaturated/α-hetero) is 1. The lowest BCUT2D eigenvalue weighted by Gasteiger charge is -2.58. The van der Waals surface area contributed by atoms with Gasteiger partial charge in [-0.1, -0.05) is 32.3 Å². The molecule has 0 heterocycles. The molecule has 160 valence electrons. The summed E-state index contributed by atoms with van der Waals surface area (Å²) < 4.78 is 20.2. The second-order valence-corrected chi connectivity index (χ2v) is 48.4. The Morgan fingerprint density at radius 1 is 0.815 bits per heavy atom. The Balaban J connectivity index is 6.32. The van der Waals surface area contributed by atoms with E-state index in [9.17, 15) is 4.79 Å². The van der Waals surface area contributed by atoms with E-state index >= 15 is 0 Å². The zero-order valence-electron chi connectivity index (χ0n) is 19.6. The maximum Gasteiger partial charge on any atom is 0.160 e. The van der Waals surface area contributed by atoms with Gasteiger partial charge in [0, 0.05) is 6.42 Å². The Hall–Kier alpha value is 0.808. The molecule has 0 aliphatic carbocycles. The van der Waals surface area contributed by atoms with Crippen LogP contribution in [0.2, 0.25) is 65.0 Å². The quantitative estimate of drug-likeness (QED) is 0.274. The van der Waals surface area contributed by atoms with Gasteiger partial charge in [-0.3, -0.25) is 4.79 Å². The smallest absolute Gasteiger partial charge is 0.160 e. The van der Waals surface area contributed by atoms with E-state index in [0.717, 1.165) is 12.5 Å². The van der Waals surface area contributed by atoms with Crippen LogP contribution in [0.25, 0.3) is 0 Å². The van der Waals surface area contributed by atoms with Gasteiger partial charge in [0.25, 0.3) is 0 Å². The van der Waals surface area contributed by atoms with E-state index in [-0.39, 0.29) is 5.78 Å². The number of rotatable bonds is 14. The fourth-order valence-corrected chi connectivity index (χ4v) is 105. The summed E-state index contributed by atoms with van der Waals surface area (Å²) in [5.74, 6) is 0.207. The third kappa shape index (κ3) is 6.39. The first-order valence-electron chi connectivity index (χ1n) is 10.4. The number of carbonyl (C=O) groups excluding carboxylic acids is 1. The molecule has 0 fully saturated rings. The molecule has 11 heteroatoms. The fourth-order valence-electron chi connectivity index (χ4n) is 5.26. The maximum atomic E-state index is 12.2. The first-order valence-corrected chi connectivity index (χ1v) is 30.3. The average molecular weight is 497 g/mol. The van der Waals surface area contributed by atoms with Crippen molar-refractivity contribution in [3.05, 3.63) is 12.2 Å². The molecule has 0 saturated heterocycles. The zero-order valence-corrected chi connectivity index (χ0v) is 27.8. The van der Waals surface area contributed by atoms with E-state index in [4.69, 9.17) is 12.3 Å². The molecule has 0 aliphatic heterocycles. The monoisotopic (exact) mass is 496 g/mol. The molecule has 0 spiro atoms. The first-order chi connectivity index (χ1) is 12.3. The Labute approximate surface area is 178 Å². The van der Waals surface area contributed by atoms with Crippen molar-refractivity contribution in [2.75, 3.05) is 0 Å². The topological polar surface area (TPSA) is 44.8 Å². The number of allylic oxidation sites excluding steroid dienone is 1. The Bertz CT molecular complexity index is 463. The molecule has 0 atom stereocenters. The second kappa shape index (κ2) is 11.3. The van der Waals surface area contributed by atoms with Crippen LogP contribution in [-0.4, -0.2) is 65.2 Å². The van der Waals surface area contributed by atoms with Crippen molar-refractivity contribution >= 4 is 65.2 Å². The standard InChI is InChI=1S/C16H44O4Si7/c1-15(2)16(17)13-12-14-27(24(6,7)18-21-3,25(8,9)19-22-4)26(10,11)20-23-5/h1,12-14,21-23H2,2-11H3. The van der Waals surface area contributed by atoms with Crippen LogP contribution in [-0.2, 0) is 17.1 Å². The molecule has 0 aromatic carbocycles. The van der Waals surface area contributed by atoms with Crippen LogP contribution < -0.4 is 0 Å². The molecule has 0 radical (unpaired) electrons. The lowest BCUT2D eigenvalue weighted by Crippen LogP contribution is -2.87.